The fraction of sp³-hybridized carbons (Fsp3) is 0.312. The number of aryl methyl sites for hydroxylation is 2. The molecule has 0 aliphatic carbocycles. The summed E-state index contributed by atoms with van der Waals surface area (Å²) in [6.07, 6.45) is 7.61. The van der Waals surface area contributed by atoms with Crippen molar-refractivity contribution in [1.82, 2.24) is 20.3 Å². The van der Waals surface area contributed by atoms with Crippen LogP contribution in [0.5, 0.6) is 0 Å². The number of carboxylic acids is 1. The first-order chi connectivity index (χ1) is 19.9. The fourth-order valence-electron chi connectivity index (χ4n) is 5.50. The Bertz CT molecular complexity index is 1440. The van der Waals surface area contributed by atoms with E-state index in [-0.39, 0.29) is 6.42 Å². The van der Waals surface area contributed by atoms with Crippen LogP contribution < -0.4 is 15.5 Å². The molecular formula is C32H36N6O3. The van der Waals surface area contributed by atoms with Gasteiger partial charge in [-0.15, -0.1) is 0 Å². The van der Waals surface area contributed by atoms with Gasteiger partial charge < -0.3 is 25.6 Å². The van der Waals surface area contributed by atoms with Crippen LogP contribution in [0.15, 0.2) is 73.2 Å². The normalized spacial score (nSPS) is 14.4. The highest BCUT2D eigenvalue weighted by molar-refractivity contribution is 5.99. The molecule has 1 aliphatic rings. The number of amides is 1. The topological polar surface area (TPSA) is 123 Å². The largest absolute Gasteiger partial charge is 0.480 e. The molecule has 0 spiro atoms. The highest BCUT2D eigenvalue weighted by atomic mass is 16.4. The van der Waals surface area contributed by atoms with Gasteiger partial charge in [-0.3, -0.25) is 4.79 Å². The fourth-order valence-corrected chi connectivity index (χ4v) is 5.50. The van der Waals surface area contributed by atoms with Crippen LogP contribution in [0.2, 0.25) is 0 Å². The Morgan fingerprint density at radius 2 is 1.76 bits per heavy atom. The Morgan fingerprint density at radius 3 is 2.37 bits per heavy atom. The number of carbonyl (C=O) groups excluding carboxylic acids is 1. The number of pyridine rings is 1. The summed E-state index contributed by atoms with van der Waals surface area (Å²) in [6, 6.07) is 16.6. The Labute approximate surface area is 240 Å². The number of carbonyl (C=O) groups is 2. The summed E-state index contributed by atoms with van der Waals surface area (Å²) in [5.41, 5.74) is 4.88. The second kappa shape index (κ2) is 12.7. The standard InChI is InChI=1S/C32H36N6O3/c1-21-17-25(30-34-13-14-35-30)18-22(2)29(21)31(39)37-27(32(40)41)19-23-6-8-26(9-7-23)38-15-10-24(11-16-38)20-36-28-5-3-4-12-33-28/h3-9,12-14,17-18,24,27H,10-11,15-16,19-20H2,1-2H3,(H,33,36)(H,34,35)(H,37,39)(H,40,41). The number of carboxylic acid groups (broad SMARTS) is 1. The molecule has 9 nitrogen and oxygen atoms in total. The van der Waals surface area contributed by atoms with E-state index in [4.69, 9.17) is 0 Å². The third-order valence-corrected chi connectivity index (χ3v) is 7.73. The van der Waals surface area contributed by atoms with Crippen LogP contribution in [0.3, 0.4) is 0 Å². The van der Waals surface area contributed by atoms with Crippen molar-refractivity contribution in [2.24, 2.45) is 5.92 Å². The van der Waals surface area contributed by atoms with Crippen molar-refractivity contribution >= 4 is 23.4 Å². The molecule has 2 aromatic heterocycles. The predicted octanol–water partition coefficient (Wildman–Crippen LogP) is 4.84. The molecule has 0 radical (unpaired) electrons. The quantitative estimate of drug-likeness (QED) is 0.222. The Hall–Kier alpha value is -4.66. The van der Waals surface area contributed by atoms with Crippen molar-refractivity contribution < 1.29 is 14.7 Å². The second-order valence-corrected chi connectivity index (χ2v) is 10.7. The highest BCUT2D eigenvalue weighted by Crippen LogP contribution is 2.25. The lowest BCUT2D eigenvalue weighted by Crippen LogP contribution is -2.42. The number of nitrogens with one attached hydrogen (secondary N) is 3. The van der Waals surface area contributed by atoms with Crippen LogP contribution >= 0.6 is 0 Å². The van der Waals surface area contributed by atoms with Crippen LogP contribution in [-0.2, 0) is 11.2 Å². The smallest absolute Gasteiger partial charge is 0.326 e. The van der Waals surface area contributed by atoms with Gasteiger partial charge >= 0.3 is 5.97 Å². The van der Waals surface area contributed by atoms with Gasteiger partial charge in [0.2, 0.25) is 0 Å². The van der Waals surface area contributed by atoms with Crippen molar-refractivity contribution in [2.75, 3.05) is 29.9 Å². The summed E-state index contributed by atoms with van der Waals surface area (Å²) in [5, 5.41) is 16.1. The van der Waals surface area contributed by atoms with E-state index in [0.717, 1.165) is 72.1 Å². The number of piperidine rings is 1. The van der Waals surface area contributed by atoms with E-state index in [1.165, 1.54) is 0 Å². The first-order valence-corrected chi connectivity index (χ1v) is 14.0. The Kier molecular flexibility index (Phi) is 8.62. The molecule has 1 unspecified atom stereocenters. The van der Waals surface area contributed by atoms with Crippen molar-refractivity contribution in [2.45, 2.75) is 39.2 Å². The van der Waals surface area contributed by atoms with E-state index in [2.05, 4.69) is 30.5 Å². The maximum Gasteiger partial charge on any atom is 0.326 e. The number of hydrogen-bond acceptors (Lipinski definition) is 6. The first kappa shape index (κ1) is 27.9. The maximum absolute atomic E-state index is 13.2. The molecule has 1 aliphatic heterocycles. The summed E-state index contributed by atoms with van der Waals surface area (Å²) in [7, 11) is 0. The molecule has 1 saturated heterocycles. The van der Waals surface area contributed by atoms with Crippen molar-refractivity contribution in [3.05, 3.63) is 95.4 Å². The van der Waals surface area contributed by atoms with Gasteiger partial charge in [0.1, 0.15) is 17.7 Å². The van der Waals surface area contributed by atoms with E-state index < -0.39 is 17.9 Å². The van der Waals surface area contributed by atoms with E-state index in [1.807, 2.05) is 68.4 Å². The van der Waals surface area contributed by atoms with E-state index in [1.54, 1.807) is 18.6 Å². The Balaban J connectivity index is 1.16. The average Bonchev–Trinajstić information content (AvgIpc) is 3.52. The van der Waals surface area contributed by atoms with Gasteiger partial charge in [-0.2, -0.15) is 0 Å². The van der Waals surface area contributed by atoms with Gasteiger partial charge in [-0.25, -0.2) is 14.8 Å². The average molecular weight is 553 g/mol. The molecule has 1 amide bonds. The van der Waals surface area contributed by atoms with Gasteiger partial charge in [0, 0.05) is 61.5 Å². The molecule has 5 rings (SSSR count). The van der Waals surface area contributed by atoms with Crippen molar-refractivity contribution in [3.8, 4) is 11.4 Å². The molecule has 0 bridgehead atoms. The number of aromatic amines is 1. The molecule has 2 aromatic carbocycles. The molecule has 3 heterocycles. The Morgan fingerprint density at radius 1 is 1.02 bits per heavy atom. The third-order valence-electron chi connectivity index (χ3n) is 7.73. The number of anilines is 2. The molecule has 9 heteroatoms. The van der Waals surface area contributed by atoms with Crippen LogP contribution in [-0.4, -0.2) is 57.6 Å². The third kappa shape index (κ3) is 6.92. The number of H-pyrrole nitrogens is 1. The minimum atomic E-state index is -1.06. The van der Waals surface area contributed by atoms with Crippen LogP contribution in [0, 0.1) is 19.8 Å². The van der Waals surface area contributed by atoms with Crippen molar-refractivity contribution in [1.29, 1.82) is 0 Å². The molecule has 41 heavy (non-hydrogen) atoms. The van der Waals surface area contributed by atoms with Gasteiger partial charge in [-0.05, 0) is 85.7 Å². The summed E-state index contributed by atoms with van der Waals surface area (Å²) in [5.74, 6) is 0.773. The lowest BCUT2D eigenvalue weighted by atomic mass is 9.96. The molecular weight excluding hydrogens is 516 g/mol. The zero-order valence-corrected chi connectivity index (χ0v) is 23.4. The number of aliphatic carboxylic acids is 1. The van der Waals surface area contributed by atoms with E-state index in [9.17, 15) is 14.7 Å². The molecule has 4 N–H and O–H groups in total. The van der Waals surface area contributed by atoms with Gasteiger partial charge in [-0.1, -0.05) is 18.2 Å². The zero-order valence-electron chi connectivity index (χ0n) is 23.4. The van der Waals surface area contributed by atoms with Crippen molar-refractivity contribution in [3.63, 3.8) is 0 Å². The number of nitrogens with zero attached hydrogens (tertiary/aromatic N) is 3. The minimum absolute atomic E-state index is 0.200. The predicted molar refractivity (Wildman–Crippen MR) is 160 cm³/mol. The maximum atomic E-state index is 13.2. The number of aromatic nitrogens is 3. The summed E-state index contributed by atoms with van der Waals surface area (Å²) in [4.78, 5) is 39.3. The lowest BCUT2D eigenvalue weighted by molar-refractivity contribution is -0.139. The van der Waals surface area contributed by atoms with Gasteiger partial charge in [0.05, 0.1) is 0 Å². The minimum Gasteiger partial charge on any atom is -0.480 e. The highest BCUT2D eigenvalue weighted by Gasteiger charge is 2.24. The molecule has 1 fully saturated rings. The monoisotopic (exact) mass is 552 g/mol. The number of rotatable bonds is 10. The second-order valence-electron chi connectivity index (χ2n) is 10.7. The summed E-state index contributed by atoms with van der Waals surface area (Å²) >= 11 is 0. The number of benzene rings is 2. The van der Waals surface area contributed by atoms with E-state index in [0.29, 0.717) is 11.5 Å². The number of imidazole rings is 1. The molecule has 212 valence electrons. The van der Waals surface area contributed by atoms with Crippen LogP contribution in [0.4, 0.5) is 11.5 Å². The summed E-state index contributed by atoms with van der Waals surface area (Å²) in [6.45, 7) is 6.56. The lowest BCUT2D eigenvalue weighted by Gasteiger charge is -2.34. The molecule has 1 atom stereocenters. The molecule has 4 aromatic rings. The van der Waals surface area contributed by atoms with Crippen LogP contribution in [0.25, 0.3) is 11.4 Å². The zero-order chi connectivity index (χ0) is 28.8. The number of hydrogen-bond donors (Lipinski definition) is 4. The molecule has 0 saturated carbocycles. The van der Waals surface area contributed by atoms with Crippen LogP contribution in [0.1, 0.15) is 39.9 Å². The first-order valence-electron chi connectivity index (χ1n) is 14.0. The summed E-state index contributed by atoms with van der Waals surface area (Å²) < 4.78 is 0. The van der Waals surface area contributed by atoms with Gasteiger partial charge in [0.25, 0.3) is 5.91 Å². The van der Waals surface area contributed by atoms with E-state index >= 15 is 0 Å². The van der Waals surface area contributed by atoms with Gasteiger partial charge in [0.15, 0.2) is 0 Å². The SMILES string of the molecule is Cc1cc(-c2ncc[nH]2)cc(C)c1C(=O)NC(Cc1ccc(N2CCC(CNc3ccccn3)CC2)cc1)C(=O)O.